The van der Waals surface area contributed by atoms with Gasteiger partial charge in [0.05, 0.1) is 18.2 Å². The van der Waals surface area contributed by atoms with Crippen molar-refractivity contribution in [2.24, 2.45) is 23.5 Å². The first-order valence-electron chi connectivity index (χ1n) is 13.7. The monoisotopic (exact) mass is 573 g/mol. The summed E-state index contributed by atoms with van der Waals surface area (Å²) in [4.78, 5) is 42.7. The fraction of sp³-hybridized carbons (Fsp3) is 0.552. The standard InChI is InChI=1S/C29H36FN3O8/c1-32(2)23-17-9-14-8-16-20(18(34)10-15(22(16)30)12-33(6-7-41-3)11-13-4-5-13)24(35)19(14)26(37)29(17,40)27(38)21(25(23)36)28(31)39/h10,13-14,17,23,34,36-37,40H,4-9,11-12H2,1-3H3,(H2,31,39)/t14-,17-,23-,29-/m0/s1. The van der Waals surface area contributed by atoms with Crippen molar-refractivity contribution in [3.05, 3.63) is 51.2 Å². The number of ketones is 2. The third kappa shape index (κ3) is 4.62. The normalized spacial score (nSPS) is 27.8. The van der Waals surface area contributed by atoms with Gasteiger partial charge in [-0.1, -0.05) is 0 Å². The first kappa shape index (κ1) is 29.2. The average molecular weight is 574 g/mol. The van der Waals surface area contributed by atoms with E-state index in [1.165, 1.54) is 11.0 Å². The predicted molar refractivity (Wildman–Crippen MR) is 144 cm³/mol. The van der Waals surface area contributed by atoms with Crippen molar-refractivity contribution in [3.63, 3.8) is 0 Å². The maximum atomic E-state index is 16.1. The molecule has 0 heterocycles. The summed E-state index contributed by atoms with van der Waals surface area (Å²) in [5.74, 6) is -7.72. The van der Waals surface area contributed by atoms with Crippen LogP contribution in [-0.4, -0.2) is 100 Å². The van der Waals surface area contributed by atoms with Crippen LogP contribution in [0.5, 0.6) is 5.75 Å². The van der Waals surface area contributed by atoms with E-state index in [9.17, 15) is 34.8 Å². The number of phenolic OH excluding ortho intramolecular Hbond substituents is 1. The number of rotatable bonds is 9. The quantitative estimate of drug-likeness (QED) is 0.269. The number of hydrogen-bond donors (Lipinski definition) is 5. The Balaban J connectivity index is 1.58. The molecular weight excluding hydrogens is 537 g/mol. The van der Waals surface area contributed by atoms with Crippen molar-refractivity contribution in [3.8, 4) is 5.75 Å². The summed E-state index contributed by atoms with van der Waals surface area (Å²) in [7, 11) is 4.69. The number of primary amides is 1. The number of ether oxygens (including phenoxy) is 1. The Labute approximate surface area is 236 Å². The number of nitrogens with zero attached hydrogens (tertiary/aromatic N) is 2. The van der Waals surface area contributed by atoms with Gasteiger partial charge in [0.25, 0.3) is 5.91 Å². The van der Waals surface area contributed by atoms with Gasteiger partial charge in [0.15, 0.2) is 11.4 Å². The van der Waals surface area contributed by atoms with Crippen LogP contribution in [0.4, 0.5) is 4.39 Å². The van der Waals surface area contributed by atoms with Crippen LogP contribution in [0.1, 0.15) is 40.7 Å². The largest absolute Gasteiger partial charge is 0.510 e. The van der Waals surface area contributed by atoms with Crippen LogP contribution in [0, 0.1) is 23.6 Å². The number of benzene rings is 1. The molecule has 4 aliphatic carbocycles. The van der Waals surface area contributed by atoms with Crippen LogP contribution in [0.25, 0.3) is 0 Å². The van der Waals surface area contributed by atoms with Gasteiger partial charge in [0.1, 0.15) is 28.7 Å². The molecule has 1 aromatic carbocycles. The lowest BCUT2D eigenvalue weighted by molar-refractivity contribution is -0.148. The van der Waals surface area contributed by atoms with Crippen LogP contribution in [-0.2, 0) is 27.3 Å². The highest BCUT2D eigenvalue weighted by Crippen LogP contribution is 2.52. The van der Waals surface area contributed by atoms with Gasteiger partial charge in [-0.05, 0) is 57.7 Å². The van der Waals surface area contributed by atoms with Gasteiger partial charge in [-0.25, -0.2) is 4.39 Å². The van der Waals surface area contributed by atoms with Gasteiger partial charge >= 0.3 is 0 Å². The number of likely N-dealkylation sites (N-methyl/N-ethyl adjacent to an activating group) is 1. The molecule has 0 spiro atoms. The average Bonchev–Trinajstić information content (AvgIpc) is 3.71. The molecule has 4 aliphatic rings. The Hall–Kier alpha value is -3.32. The van der Waals surface area contributed by atoms with E-state index in [0.717, 1.165) is 19.4 Å². The number of halogens is 1. The molecule has 1 saturated carbocycles. The Bertz CT molecular complexity index is 1380. The Morgan fingerprint density at radius 3 is 2.49 bits per heavy atom. The zero-order valence-electron chi connectivity index (χ0n) is 23.3. The molecule has 0 radical (unpaired) electrons. The predicted octanol–water partition coefficient (Wildman–Crippen LogP) is 1.12. The highest BCUT2D eigenvalue weighted by Gasteiger charge is 2.63. The third-order valence-electron chi connectivity index (χ3n) is 8.95. The minimum atomic E-state index is -2.73. The third-order valence-corrected chi connectivity index (χ3v) is 8.95. The lowest BCUT2D eigenvalue weighted by Crippen LogP contribution is -2.63. The number of allylic oxidation sites excluding steroid dienone is 1. The maximum Gasteiger partial charge on any atom is 0.255 e. The van der Waals surface area contributed by atoms with Crippen LogP contribution < -0.4 is 5.73 Å². The topological polar surface area (TPSA) is 174 Å². The van der Waals surface area contributed by atoms with Gasteiger partial charge in [-0.2, -0.15) is 0 Å². The molecule has 0 aliphatic heterocycles. The van der Waals surface area contributed by atoms with Crippen molar-refractivity contribution in [2.75, 3.05) is 40.9 Å². The van der Waals surface area contributed by atoms with Crippen molar-refractivity contribution in [1.29, 1.82) is 0 Å². The van der Waals surface area contributed by atoms with Crippen LogP contribution >= 0.6 is 0 Å². The fourth-order valence-corrected chi connectivity index (χ4v) is 6.83. The summed E-state index contributed by atoms with van der Waals surface area (Å²) in [6.07, 6.45) is 2.01. The number of aliphatic hydroxyl groups is 3. The molecular formula is C29H36FN3O8. The second-order valence-corrected chi connectivity index (χ2v) is 11.9. The number of nitrogens with two attached hydrogens (primary N) is 1. The number of amides is 1. The molecule has 1 aromatic rings. The van der Waals surface area contributed by atoms with Crippen molar-refractivity contribution in [1.82, 2.24) is 9.80 Å². The molecule has 6 N–H and O–H groups in total. The summed E-state index contributed by atoms with van der Waals surface area (Å²) in [5, 5.41) is 44.8. The molecule has 11 nitrogen and oxygen atoms in total. The van der Waals surface area contributed by atoms with E-state index >= 15 is 4.39 Å². The lowest BCUT2D eigenvalue weighted by Gasteiger charge is -2.50. The van der Waals surface area contributed by atoms with E-state index < -0.39 is 69.6 Å². The summed E-state index contributed by atoms with van der Waals surface area (Å²) < 4.78 is 21.3. The van der Waals surface area contributed by atoms with Crippen LogP contribution in [0.3, 0.4) is 0 Å². The number of Topliss-reactive ketones (excluding diaryl/α,β-unsaturated/α-hetero) is 2. The lowest BCUT2D eigenvalue weighted by atomic mass is 9.58. The first-order chi connectivity index (χ1) is 19.3. The summed E-state index contributed by atoms with van der Waals surface area (Å²) in [6, 6.07) is 0.0957. The Morgan fingerprint density at radius 1 is 1.22 bits per heavy atom. The molecule has 1 amide bonds. The van der Waals surface area contributed by atoms with Gasteiger partial charge < -0.3 is 30.9 Å². The second kappa shape index (κ2) is 10.5. The van der Waals surface area contributed by atoms with Crippen LogP contribution in [0.2, 0.25) is 0 Å². The van der Waals surface area contributed by atoms with Gasteiger partial charge in [0.2, 0.25) is 5.78 Å². The van der Waals surface area contributed by atoms with E-state index in [2.05, 4.69) is 4.90 Å². The van der Waals surface area contributed by atoms with Gasteiger partial charge in [0, 0.05) is 49.4 Å². The highest BCUT2D eigenvalue weighted by atomic mass is 19.1. The molecule has 0 unspecified atom stereocenters. The summed E-state index contributed by atoms with van der Waals surface area (Å²) >= 11 is 0. The maximum absolute atomic E-state index is 16.1. The van der Waals surface area contributed by atoms with Crippen molar-refractivity contribution < 1.29 is 43.9 Å². The zero-order chi connectivity index (χ0) is 30.0. The number of aromatic hydroxyl groups is 1. The molecule has 4 atom stereocenters. The van der Waals surface area contributed by atoms with E-state index in [1.807, 2.05) is 0 Å². The minimum absolute atomic E-state index is 0.00349. The molecule has 41 heavy (non-hydrogen) atoms. The van der Waals surface area contributed by atoms with Crippen molar-refractivity contribution in [2.45, 2.75) is 43.9 Å². The summed E-state index contributed by atoms with van der Waals surface area (Å²) in [5.41, 5.74) is 1.30. The first-order valence-corrected chi connectivity index (χ1v) is 13.7. The molecule has 5 rings (SSSR count). The number of carbonyl (C=O) groups excluding carboxylic acids is 3. The number of fused-ring (bicyclic) bond motifs is 3. The van der Waals surface area contributed by atoms with Crippen molar-refractivity contribution >= 4 is 17.5 Å². The summed E-state index contributed by atoms with van der Waals surface area (Å²) in [6.45, 7) is 1.98. The number of aliphatic hydroxyl groups excluding tert-OH is 2. The Kier molecular flexibility index (Phi) is 7.48. The number of methoxy groups -OCH3 is 1. The smallest absolute Gasteiger partial charge is 0.255 e. The van der Waals surface area contributed by atoms with E-state index in [0.29, 0.717) is 19.1 Å². The number of hydrogen-bond acceptors (Lipinski definition) is 10. The Morgan fingerprint density at radius 2 is 1.90 bits per heavy atom. The minimum Gasteiger partial charge on any atom is -0.510 e. The van der Waals surface area contributed by atoms with Gasteiger partial charge in [-0.3, -0.25) is 24.2 Å². The van der Waals surface area contributed by atoms with E-state index in [1.54, 1.807) is 21.2 Å². The molecule has 12 heteroatoms. The molecule has 0 saturated heterocycles. The van der Waals surface area contributed by atoms with Gasteiger partial charge in [-0.15, -0.1) is 0 Å². The van der Waals surface area contributed by atoms with E-state index in [-0.39, 0.29) is 41.6 Å². The second-order valence-electron chi connectivity index (χ2n) is 11.9. The fourth-order valence-electron chi connectivity index (χ4n) is 6.83. The van der Waals surface area contributed by atoms with Crippen LogP contribution in [0.15, 0.2) is 28.7 Å². The highest BCUT2D eigenvalue weighted by molar-refractivity contribution is 6.24. The molecule has 0 aromatic heterocycles. The zero-order valence-corrected chi connectivity index (χ0v) is 23.3. The number of carbonyl (C=O) groups is 3. The SMILES string of the molecule is COCCN(Cc1cc(O)c2c(c1F)C[C@H]1C[C@H]3[C@H](N(C)C)C(O)=C(C(N)=O)C(=O)[C@@]3(O)C(O)=C1C2=O)CC1CC1. The molecule has 1 fully saturated rings. The molecule has 0 bridgehead atoms. The van der Waals surface area contributed by atoms with E-state index in [4.69, 9.17) is 10.5 Å². The molecule has 222 valence electrons. The number of phenols is 1.